The van der Waals surface area contributed by atoms with E-state index in [1.165, 1.54) is 13.3 Å². The molecule has 1 heterocycles. The van der Waals surface area contributed by atoms with Crippen molar-refractivity contribution in [3.05, 3.63) is 59.9 Å². The Labute approximate surface area is 111 Å². The molecule has 0 amide bonds. The van der Waals surface area contributed by atoms with Gasteiger partial charge in [-0.2, -0.15) is 0 Å². The molecule has 0 spiro atoms. The fraction of sp³-hybridized carbons (Fsp3) is 0.133. The number of nitrogens with zero attached hydrogens (tertiary/aromatic N) is 1. The van der Waals surface area contributed by atoms with Gasteiger partial charge in [-0.3, -0.25) is 14.6 Å². The Morgan fingerprint density at radius 3 is 2.58 bits per heavy atom. The number of Topliss-reactive ketones (excluding diaryl/α,β-unsaturated/α-hetero) is 2. The highest BCUT2D eigenvalue weighted by Crippen LogP contribution is 2.19. The van der Waals surface area contributed by atoms with Gasteiger partial charge in [-0.15, -0.1) is 0 Å². The first-order valence-electron chi connectivity index (χ1n) is 5.82. The number of carbonyl (C=O) groups is 2. The summed E-state index contributed by atoms with van der Waals surface area (Å²) in [5.74, 6) is -0.0261. The van der Waals surface area contributed by atoms with Crippen LogP contribution in [-0.4, -0.2) is 23.7 Å². The van der Waals surface area contributed by atoms with Crippen LogP contribution in [0.2, 0.25) is 0 Å². The molecule has 4 nitrogen and oxygen atoms in total. The van der Waals surface area contributed by atoms with Crippen molar-refractivity contribution in [2.75, 3.05) is 7.11 Å². The van der Waals surface area contributed by atoms with Gasteiger partial charge in [-0.25, -0.2) is 0 Å². The van der Waals surface area contributed by atoms with E-state index in [4.69, 9.17) is 4.74 Å². The lowest BCUT2D eigenvalue weighted by Crippen LogP contribution is -2.10. The van der Waals surface area contributed by atoms with Crippen LogP contribution in [0.4, 0.5) is 0 Å². The minimum atomic E-state index is -0.258. The molecule has 1 aromatic heterocycles. The molecule has 0 aliphatic rings. The van der Waals surface area contributed by atoms with Gasteiger partial charge in [0.25, 0.3) is 0 Å². The standard InChI is InChI=1S/C15H13NO3/c1-19-15-7-3-2-6-12(15)14(18)9-13(17)11-5-4-8-16-10-11/h2-8,10H,9H2,1H3. The molecule has 0 aliphatic heterocycles. The van der Waals surface area contributed by atoms with Gasteiger partial charge >= 0.3 is 0 Å². The normalized spacial score (nSPS) is 9.95. The van der Waals surface area contributed by atoms with E-state index >= 15 is 0 Å². The summed E-state index contributed by atoms with van der Waals surface area (Å²) in [5, 5.41) is 0. The highest BCUT2D eigenvalue weighted by Gasteiger charge is 2.16. The number of aromatic nitrogens is 1. The summed E-state index contributed by atoms with van der Waals surface area (Å²) >= 11 is 0. The Morgan fingerprint density at radius 2 is 1.89 bits per heavy atom. The third-order valence-corrected chi connectivity index (χ3v) is 2.71. The second-order valence-corrected chi connectivity index (χ2v) is 3.97. The Kier molecular flexibility index (Phi) is 4.03. The number of ketones is 2. The van der Waals surface area contributed by atoms with Crippen molar-refractivity contribution in [1.82, 2.24) is 4.98 Å². The van der Waals surface area contributed by atoms with Gasteiger partial charge in [0.1, 0.15) is 5.75 Å². The zero-order valence-electron chi connectivity index (χ0n) is 10.5. The molecule has 0 atom stereocenters. The Hall–Kier alpha value is -2.49. The number of rotatable bonds is 5. The third-order valence-electron chi connectivity index (χ3n) is 2.71. The van der Waals surface area contributed by atoms with Crippen LogP contribution in [0.5, 0.6) is 5.75 Å². The average molecular weight is 255 g/mol. The summed E-state index contributed by atoms with van der Waals surface area (Å²) in [4.78, 5) is 27.9. The predicted molar refractivity (Wildman–Crippen MR) is 70.5 cm³/mol. The van der Waals surface area contributed by atoms with Crippen LogP contribution in [0, 0.1) is 0 Å². The molecule has 0 saturated carbocycles. The van der Waals surface area contributed by atoms with Crippen LogP contribution < -0.4 is 4.74 Å². The molecule has 0 fully saturated rings. The first-order chi connectivity index (χ1) is 9.22. The highest BCUT2D eigenvalue weighted by atomic mass is 16.5. The van der Waals surface area contributed by atoms with Crippen molar-refractivity contribution >= 4 is 11.6 Å². The summed E-state index contributed by atoms with van der Waals surface area (Å²) < 4.78 is 5.11. The molecule has 4 heteroatoms. The van der Waals surface area contributed by atoms with Gasteiger partial charge < -0.3 is 4.74 Å². The Bertz CT molecular complexity index is 593. The van der Waals surface area contributed by atoms with E-state index in [2.05, 4.69) is 4.98 Å². The van der Waals surface area contributed by atoms with Crippen LogP contribution in [0.3, 0.4) is 0 Å². The summed E-state index contributed by atoms with van der Waals surface area (Å²) in [6.45, 7) is 0. The first-order valence-corrected chi connectivity index (χ1v) is 5.82. The van der Waals surface area contributed by atoms with E-state index in [1.54, 1.807) is 42.6 Å². The molecular weight excluding hydrogens is 242 g/mol. The monoisotopic (exact) mass is 255 g/mol. The number of carbonyl (C=O) groups excluding carboxylic acids is 2. The highest BCUT2D eigenvalue weighted by molar-refractivity contribution is 6.14. The zero-order chi connectivity index (χ0) is 13.7. The summed E-state index contributed by atoms with van der Waals surface area (Å²) in [6.07, 6.45) is 2.85. The van der Waals surface area contributed by atoms with Crippen molar-refractivity contribution in [2.45, 2.75) is 6.42 Å². The molecule has 0 bridgehead atoms. The first kappa shape index (κ1) is 13.0. The van der Waals surface area contributed by atoms with Gasteiger partial charge in [-0.05, 0) is 24.3 Å². The number of para-hydroxylation sites is 1. The molecule has 19 heavy (non-hydrogen) atoms. The largest absolute Gasteiger partial charge is 0.496 e. The fourth-order valence-corrected chi connectivity index (χ4v) is 1.75. The van der Waals surface area contributed by atoms with E-state index in [1.807, 2.05) is 0 Å². The van der Waals surface area contributed by atoms with E-state index in [-0.39, 0.29) is 18.0 Å². The van der Waals surface area contributed by atoms with Crippen molar-refractivity contribution in [2.24, 2.45) is 0 Å². The van der Waals surface area contributed by atoms with E-state index in [0.29, 0.717) is 16.9 Å². The Morgan fingerprint density at radius 1 is 1.11 bits per heavy atom. The smallest absolute Gasteiger partial charge is 0.174 e. The molecular formula is C15H13NO3. The lowest BCUT2D eigenvalue weighted by atomic mass is 10.0. The summed E-state index contributed by atoms with van der Waals surface area (Å²) in [5.41, 5.74) is 0.855. The fourth-order valence-electron chi connectivity index (χ4n) is 1.75. The van der Waals surface area contributed by atoms with Crippen LogP contribution >= 0.6 is 0 Å². The van der Waals surface area contributed by atoms with Crippen molar-refractivity contribution < 1.29 is 14.3 Å². The molecule has 0 saturated heterocycles. The quantitative estimate of drug-likeness (QED) is 0.608. The van der Waals surface area contributed by atoms with E-state index in [0.717, 1.165) is 0 Å². The summed E-state index contributed by atoms with van der Waals surface area (Å²) in [6, 6.07) is 10.2. The zero-order valence-corrected chi connectivity index (χ0v) is 10.5. The molecule has 96 valence electrons. The maximum atomic E-state index is 12.1. The van der Waals surface area contributed by atoms with Gasteiger partial charge in [0, 0.05) is 18.0 Å². The average Bonchev–Trinajstić information content (AvgIpc) is 2.48. The topological polar surface area (TPSA) is 56.3 Å². The maximum Gasteiger partial charge on any atom is 0.174 e. The number of hydrogen-bond acceptors (Lipinski definition) is 4. The van der Waals surface area contributed by atoms with Gasteiger partial charge in [-0.1, -0.05) is 12.1 Å². The van der Waals surface area contributed by atoms with Crippen molar-refractivity contribution in [1.29, 1.82) is 0 Å². The minimum absolute atomic E-state index is 0.188. The molecule has 2 rings (SSSR count). The number of benzene rings is 1. The van der Waals surface area contributed by atoms with Crippen LogP contribution in [0.15, 0.2) is 48.8 Å². The number of methoxy groups -OCH3 is 1. The Balaban J connectivity index is 2.16. The molecule has 2 aromatic rings. The second-order valence-electron chi connectivity index (χ2n) is 3.97. The lowest BCUT2D eigenvalue weighted by Gasteiger charge is -2.06. The number of hydrogen-bond donors (Lipinski definition) is 0. The third kappa shape index (κ3) is 3.04. The molecule has 0 unspecified atom stereocenters. The number of pyridine rings is 1. The second kappa shape index (κ2) is 5.91. The predicted octanol–water partition coefficient (Wildman–Crippen LogP) is 2.55. The number of ether oxygens (including phenoxy) is 1. The molecule has 0 N–H and O–H groups in total. The van der Waals surface area contributed by atoms with Crippen LogP contribution in [0.25, 0.3) is 0 Å². The van der Waals surface area contributed by atoms with E-state index in [9.17, 15) is 9.59 Å². The molecule has 0 radical (unpaired) electrons. The molecule has 1 aromatic carbocycles. The van der Waals surface area contributed by atoms with Crippen molar-refractivity contribution in [3.8, 4) is 5.75 Å². The minimum Gasteiger partial charge on any atom is -0.496 e. The van der Waals surface area contributed by atoms with Gasteiger partial charge in [0.05, 0.1) is 19.1 Å². The summed E-state index contributed by atoms with van der Waals surface area (Å²) in [7, 11) is 1.50. The maximum absolute atomic E-state index is 12.1. The van der Waals surface area contributed by atoms with Crippen LogP contribution in [0.1, 0.15) is 27.1 Å². The lowest BCUT2D eigenvalue weighted by molar-refractivity contribution is 0.0892. The van der Waals surface area contributed by atoms with Gasteiger partial charge in [0.2, 0.25) is 0 Å². The van der Waals surface area contributed by atoms with Gasteiger partial charge in [0.15, 0.2) is 11.6 Å². The van der Waals surface area contributed by atoms with E-state index < -0.39 is 0 Å². The molecule has 0 aliphatic carbocycles. The van der Waals surface area contributed by atoms with Crippen LogP contribution in [-0.2, 0) is 0 Å². The van der Waals surface area contributed by atoms with Crippen molar-refractivity contribution in [3.63, 3.8) is 0 Å². The SMILES string of the molecule is COc1ccccc1C(=O)CC(=O)c1cccnc1.